The van der Waals surface area contributed by atoms with Crippen molar-refractivity contribution in [1.29, 1.82) is 0 Å². The number of aliphatic hydroxyl groups is 1. The number of carbonyl (C=O) groups is 4. The third kappa shape index (κ3) is 8.92. The lowest BCUT2D eigenvalue weighted by Gasteiger charge is -2.35. The molecule has 2 amide bonds. The molecule has 2 aliphatic rings. The number of carboxylic acid groups (broad SMARTS) is 1. The summed E-state index contributed by atoms with van der Waals surface area (Å²) in [5.74, 6) is -1.83. The highest BCUT2D eigenvalue weighted by molar-refractivity contribution is 5.96. The van der Waals surface area contributed by atoms with Crippen molar-refractivity contribution in [2.75, 3.05) is 45.9 Å². The van der Waals surface area contributed by atoms with E-state index in [1.54, 1.807) is 13.0 Å². The quantitative estimate of drug-likeness (QED) is 0.299. The first-order valence-corrected chi connectivity index (χ1v) is 14.5. The van der Waals surface area contributed by atoms with E-state index in [4.69, 9.17) is 9.57 Å². The van der Waals surface area contributed by atoms with Gasteiger partial charge in [-0.25, -0.2) is 14.8 Å². The van der Waals surface area contributed by atoms with Gasteiger partial charge in [0.2, 0.25) is 5.91 Å². The summed E-state index contributed by atoms with van der Waals surface area (Å²) < 4.78 is 4.78. The second-order valence-electron chi connectivity index (χ2n) is 10.4. The van der Waals surface area contributed by atoms with Gasteiger partial charge in [-0.15, -0.1) is 5.06 Å². The second kappa shape index (κ2) is 15.4. The van der Waals surface area contributed by atoms with Crippen LogP contribution in [0.3, 0.4) is 0 Å². The Morgan fingerprint density at radius 2 is 1.81 bits per heavy atom. The molecule has 2 aromatic rings. The summed E-state index contributed by atoms with van der Waals surface area (Å²) in [5, 5.41) is 23.2. The standard InChI is InChI=1S/C29H38N6O8/c1-2-42-29(41)43-35-15-13-33(14-16-35)28(40)23(10-11-25(37)38)32-27(39)24-17-21(18-34-12-6-9-22(34)19-36)30-26(31-24)20-7-4-3-5-8-20/h3-5,7-8,17,22-23,36H,2,6,9-16,18-19H2,1H3,(H,32,39)(H,37,38)/t22-,23-/m0/s1. The lowest BCUT2D eigenvalue weighted by Crippen LogP contribution is -2.55. The molecule has 0 spiro atoms. The van der Waals surface area contributed by atoms with Crippen molar-refractivity contribution in [3.8, 4) is 11.4 Å². The maximum absolute atomic E-state index is 13.6. The van der Waals surface area contributed by atoms with Crippen molar-refractivity contribution in [2.24, 2.45) is 0 Å². The number of carboxylic acids is 1. The predicted octanol–water partition coefficient (Wildman–Crippen LogP) is 1.30. The zero-order valence-electron chi connectivity index (χ0n) is 24.2. The molecule has 2 fully saturated rings. The molecule has 43 heavy (non-hydrogen) atoms. The van der Waals surface area contributed by atoms with Crippen molar-refractivity contribution in [3.63, 3.8) is 0 Å². The first-order valence-electron chi connectivity index (χ1n) is 14.5. The number of aliphatic hydroxyl groups excluding tert-OH is 1. The molecule has 0 saturated carbocycles. The van der Waals surface area contributed by atoms with Gasteiger partial charge in [-0.2, -0.15) is 0 Å². The van der Waals surface area contributed by atoms with Gasteiger partial charge in [0, 0.05) is 37.7 Å². The molecule has 3 heterocycles. The number of rotatable bonds is 12. The Balaban J connectivity index is 1.51. The number of aromatic nitrogens is 2. The number of hydrogen-bond donors (Lipinski definition) is 3. The number of nitrogens with one attached hydrogen (secondary N) is 1. The Bertz CT molecular complexity index is 1270. The summed E-state index contributed by atoms with van der Waals surface area (Å²) >= 11 is 0. The minimum absolute atomic E-state index is 0.00796. The molecule has 2 aliphatic heterocycles. The largest absolute Gasteiger partial charge is 0.527 e. The summed E-state index contributed by atoms with van der Waals surface area (Å²) in [6.45, 7) is 3.93. The number of ether oxygens (including phenoxy) is 1. The molecule has 2 saturated heterocycles. The van der Waals surface area contributed by atoms with Crippen LogP contribution in [0.1, 0.15) is 48.8 Å². The SMILES string of the molecule is CCOC(=O)ON1CCN(C(=O)[C@H](CCC(=O)O)NC(=O)c2cc(CN3CCC[C@H]3CO)nc(-c3ccccc3)n2)CC1. The van der Waals surface area contributed by atoms with Gasteiger partial charge in [-0.1, -0.05) is 30.3 Å². The average molecular weight is 599 g/mol. The molecular weight excluding hydrogens is 560 g/mol. The molecule has 4 rings (SSSR count). The van der Waals surface area contributed by atoms with E-state index in [0.29, 0.717) is 23.6 Å². The van der Waals surface area contributed by atoms with Crippen LogP contribution >= 0.6 is 0 Å². The van der Waals surface area contributed by atoms with Gasteiger partial charge < -0.3 is 30.0 Å². The fourth-order valence-corrected chi connectivity index (χ4v) is 5.16. The third-order valence-electron chi connectivity index (χ3n) is 7.39. The molecule has 0 unspecified atom stereocenters. The third-order valence-corrected chi connectivity index (χ3v) is 7.39. The molecule has 232 valence electrons. The summed E-state index contributed by atoms with van der Waals surface area (Å²) in [6, 6.07) is 9.66. The number of aliphatic carboxylic acids is 1. The van der Waals surface area contributed by atoms with E-state index in [2.05, 4.69) is 20.2 Å². The van der Waals surface area contributed by atoms with Crippen molar-refractivity contribution in [3.05, 3.63) is 47.8 Å². The van der Waals surface area contributed by atoms with Crippen molar-refractivity contribution in [2.45, 2.75) is 51.2 Å². The highest BCUT2D eigenvalue weighted by atomic mass is 16.8. The lowest BCUT2D eigenvalue weighted by molar-refractivity contribution is -0.157. The van der Waals surface area contributed by atoms with Crippen LogP contribution in [0.25, 0.3) is 11.4 Å². The number of piperazine rings is 1. The summed E-state index contributed by atoms with van der Waals surface area (Å²) in [7, 11) is 0. The second-order valence-corrected chi connectivity index (χ2v) is 10.4. The summed E-state index contributed by atoms with van der Waals surface area (Å²) in [5.41, 5.74) is 1.34. The van der Waals surface area contributed by atoms with E-state index in [0.717, 1.165) is 19.4 Å². The normalized spacial score (nSPS) is 18.2. The van der Waals surface area contributed by atoms with Gasteiger partial charge in [-0.05, 0) is 38.8 Å². The van der Waals surface area contributed by atoms with Crippen LogP contribution in [-0.4, -0.2) is 117 Å². The molecule has 1 aromatic carbocycles. The first-order chi connectivity index (χ1) is 20.8. The van der Waals surface area contributed by atoms with Crippen LogP contribution in [0, 0.1) is 0 Å². The maximum atomic E-state index is 13.6. The average Bonchev–Trinajstić information content (AvgIpc) is 3.46. The maximum Gasteiger partial charge on any atom is 0.527 e. The number of benzene rings is 1. The Hall–Kier alpha value is -4.14. The summed E-state index contributed by atoms with van der Waals surface area (Å²) in [6.07, 6.45) is 0.548. The van der Waals surface area contributed by atoms with Gasteiger partial charge in [0.25, 0.3) is 5.91 Å². The molecule has 14 nitrogen and oxygen atoms in total. The number of nitrogens with zero attached hydrogens (tertiary/aromatic N) is 5. The van der Waals surface area contributed by atoms with E-state index in [1.807, 2.05) is 30.3 Å². The Kier molecular flexibility index (Phi) is 11.4. The van der Waals surface area contributed by atoms with E-state index in [9.17, 15) is 29.4 Å². The molecule has 3 N–H and O–H groups in total. The van der Waals surface area contributed by atoms with Crippen LogP contribution < -0.4 is 5.32 Å². The number of amides is 2. The van der Waals surface area contributed by atoms with Crippen LogP contribution in [0.15, 0.2) is 36.4 Å². The smallest absolute Gasteiger partial charge is 0.481 e. The van der Waals surface area contributed by atoms with Crippen LogP contribution in [0.2, 0.25) is 0 Å². The van der Waals surface area contributed by atoms with Crippen molar-refractivity contribution < 1.29 is 39.0 Å². The number of hydroxylamine groups is 2. The molecule has 14 heteroatoms. The van der Waals surface area contributed by atoms with E-state index >= 15 is 0 Å². The lowest BCUT2D eigenvalue weighted by atomic mass is 10.1. The van der Waals surface area contributed by atoms with E-state index < -0.39 is 30.0 Å². The number of carbonyl (C=O) groups excluding carboxylic acids is 3. The van der Waals surface area contributed by atoms with Crippen LogP contribution in [0.5, 0.6) is 0 Å². The minimum atomic E-state index is -1.11. The predicted molar refractivity (Wildman–Crippen MR) is 152 cm³/mol. The molecule has 0 aliphatic carbocycles. The van der Waals surface area contributed by atoms with Gasteiger partial charge >= 0.3 is 12.1 Å². The van der Waals surface area contributed by atoms with Crippen molar-refractivity contribution >= 4 is 23.9 Å². The van der Waals surface area contributed by atoms with E-state index in [-0.39, 0.29) is 64.0 Å². The van der Waals surface area contributed by atoms with Gasteiger partial charge in [0.05, 0.1) is 32.0 Å². The minimum Gasteiger partial charge on any atom is -0.481 e. The number of likely N-dealkylation sites (tertiary alicyclic amines) is 1. The molecule has 1 aromatic heterocycles. The van der Waals surface area contributed by atoms with Gasteiger partial charge in [0.15, 0.2) is 5.82 Å². The molecule has 0 radical (unpaired) electrons. The highest BCUT2D eigenvalue weighted by Gasteiger charge is 2.31. The van der Waals surface area contributed by atoms with Gasteiger partial charge in [0.1, 0.15) is 11.7 Å². The molecule has 0 bridgehead atoms. The molecule has 2 atom stereocenters. The highest BCUT2D eigenvalue weighted by Crippen LogP contribution is 2.22. The Morgan fingerprint density at radius 3 is 2.49 bits per heavy atom. The topological polar surface area (TPSA) is 175 Å². The van der Waals surface area contributed by atoms with Crippen molar-refractivity contribution in [1.82, 2.24) is 30.1 Å². The van der Waals surface area contributed by atoms with E-state index in [1.165, 1.54) is 9.96 Å². The fraction of sp³-hybridized carbons (Fsp3) is 0.517. The van der Waals surface area contributed by atoms with Crippen LogP contribution in [-0.2, 0) is 25.7 Å². The Morgan fingerprint density at radius 1 is 1.07 bits per heavy atom. The summed E-state index contributed by atoms with van der Waals surface area (Å²) in [4.78, 5) is 67.9. The van der Waals surface area contributed by atoms with Crippen LogP contribution in [0.4, 0.5) is 4.79 Å². The Labute approximate surface area is 249 Å². The van der Waals surface area contributed by atoms with Gasteiger partial charge in [-0.3, -0.25) is 19.3 Å². The molecular formula is C29H38N6O8. The first kappa shape index (κ1) is 31.8. The number of hydrogen-bond acceptors (Lipinski definition) is 11. The fourth-order valence-electron chi connectivity index (χ4n) is 5.16. The zero-order chi connectivity index (χ0) is 30.8. The monoisotopic (exact) mass is 598 g/mol. The zero-order valence-corrected chi connectivity index (χ0v) is 24.2.